The van der Waals surface area contributed by atoms with Crippen molar-refractivity contribution in [3.63, 3.8) is 0 Å². The van der Waals surface area contributed by atoms with Crippen LogP contribution in [0, 0.1) is 6.92 Å². The minimum Gasteiger partial charge on any atom is -0.478 e. The van der Waals surface area contributed by atoms with Crippen LogP contribution in [0.2, 0.25) is 5.02 Å². The first-order valence-corrected chi connectivity index (χ1v) is 17.2. The lowest BCUT2D eigenvalue weighted by atomic mass is 9.92. The second kappa shape index (κ2) is 13.9. The Morgan fingerprint density at radius 3 is 2.44 bits per heavy atom. The van der Waals surface area contributed by atoms with Gasteiger partial charge in [0.05, 0.1) is 24.3 Å². The quantitative estimate of drug-likeness (QED) is 0.208. The second-order valence-electron chi connectivity index (χ2n) is 12.1. The SMILES string of the molecule is COC(=O)C1=C(CN2CCN3C(=O)N(c4ccc(Oc5ccc(C(=O)O)cc5)cc4)CC3C2)NC(c2nccs2)=N[C@H]1c1ccc(Cl)cc1C. The molecule has 0 bridgehead atoms. The summed E-state index contributed by atoms with van der Waals surface area (Å²) in [5.41, 5.74) is 3.78. The lowest BCUT2D eigenvalue weighted by Gasteiger charge is -2.38. The van der Waals surface area contributed by atoms with Crippen molar-refractivity contribution in [3.8, 4) is 11.5 Å². The number of thiazole rings is 1. The highest BCUT2D eigenvalue weighted by Crippen LogP contribution is 2.36. The van der Waals surface area contributed by atoms with Gasteiger partial charge in [-0.2, -0.15) is 0 Å². The van der Waals surface area contributed by atoms with Crippen LogP contribution >= 0.6 is 22.9 Å². The van der Waals surface area contributed by atoms with Gasteiger partial charge >= 0.3 is 18.0 Å². The number of amidine groups is 1. The first-order valence-electron chi connectivity index (χ1n) is 15.9. The summed E-state index contributed by atoms with van der Waals surface area (Å²) in [6, 6.07) is 18.2. The van der Waals surface area contributed by atoms with E-state index in [9.17, 15) is 14.4 Å². The summed E-state index contributed by atoms with van der Waals surface area (Å²) in [5.74, 6) is 0.175. The molecule has 4 heterocycles. The predicted molar refractivity (Wildman–Crippen MR) is 189 cm³/mol. The summed E-state index contributed by atoms with van der Waals surface area (Å²) < 4.78 is 11.2. The van der Waals surface area contributed by atoms with Crippen LogP contribution in [-0.4, -0.2) is 89.6 Å². The number of fused-ring (bicyclic) bond motifs is 1. The fraction of sp³-hybridized carbons (Fsp3) is 0.250. The number of hydrogen-bond donors (Lipinski definition) is 2. The molecule has 256 valence electrons. The Morgan fingerprint density at radius 1 is 1.04 bits per heavy atom. The molecule has 2 amide bonds. The molecule has 12 nitrogen and oxygen atoms in total. The van der Waals surface area contributed by atoms with Crippen molar-refractivity contribution in [1.29, 1.82) is 0 Å². The number of aromatic nitrogens is 1. The number of rotatable bonds is 9. The number of esters is 1. The smallest absolute Gasteiger partial charge is 0.338 e. The van der Waals surface area contributed by atoms with Crippen LogP contribution in [0.5, 0.6) is 11.5 Å². The number of aliphatic imine (C=N–C) groups is 1. The molecule has 7 rings (SSSR count). The van der Waals surface area contributed by atoms with Gasteiger partial charge in [-0.1, -0.05) is 17.7 Å². The Hall–Kier alpha value is -5.24. The van der Waals surface area contributed by atoms with Crippen molar-refractivity contribution in [1.82, 2.24) is 20.1 Å². The van der Waals surface area contributed by atoms with Gasteiger partial charge in [0.2, 0.25) is 0 Å². The minimum absolute atomic E-state index is 0.0608. The summed E-state index contributed by atoms with van der Waals surface area (Å²) >= 11 is 7.74. The lowest BCUT2D eigenvalue weighted by Crippen LogP contribution is -2.53. The molecule has 3 aliphatic rings. The molecule has 0 spiro atoms. The van der Waals surface area contributed by atoms with E-state index >= 15 is 0 Å². The number of carboxylic acid groups (broad SMARTS) is 1. The zero-order valence-electron chi connectivity index (χ0n) is 27.2. The number of carboxylic acids is 1. The molecule has 0 radical (unpaired) electrons. The van der Waals surface area contributed by atoms with E-state index < -0.39 is 18.0 Å². The number of nitrogens with zero attached hydrogens (tertiary/aromatic N) is 5. The Labute approximate surface area is 297 Å². The number of carbonyl (C=O) groups is 3. The van der Waals surface area contributed by atoms with E-state index in [0.717, 1.165) is 16.8 Å². The Bertz CT molecular complexity index is 2000. The fourth-order valence-electron chi connectivity index (χ4n) is 6.54. The van der Waals surface area contributed by atoms with Crippen LogP contribution in [0.15, 0.2) is 94.6 Å². The monoisotopic (exact) mass is 712 g/mol. The zero-order chi connectivity index (χ0) is 34.9. The van der Waals surface area contributed by atoms with E-state index in [2.05, 4.69) is 15.2 Å². The third-order valence-corrected chi connectivity index (χ3v) is 10.0. The van der Waals surface area contributed by atoms with Crippen LogP contribution in [0.4, 0.5) is 10.5 Å². The maximum absolute atomic E-state index is 13.6. The minimum atomic E-state index is -1.00. The Kier molecular flexibility index (Phi) is 9.27. The first-order chi connectivity index (χ1) is 24.2. The summed E-state index contributed by atoms with van der Waals surface area (Å²) in [4.78, 5) is 53.5. The highest BCUT2D eigenvalue weighted by atomic mass is 35.5. The number of halogens is 1. The number of ether oxygens (including phenoxy) is 2. The van der Waals surface area contributed by atoms with Crippen LogP contribution in [0.25, 0.3) is 0 Å². The first kappa shape index (κ1) is 33.3. The van der Waals surface area contributed by atoms with Gasteiger partial charge in [0, 0.05) is 60.7 Å². The molecule has 3 aromatic carbocycles. The average Bonchev–Trinajstić information content (AvgIpc) is 3.77. The molecule has 2 N–H and O–H groups in total. The van der Waals surface area contributed by atoms with Crippen LogP contribution in [0.3, 0.4) is 0 Å². The summed E-state index contributed by atoms with van der Waals surface area (Å²) in [7, 11) is 1.37. The van der Waals surface area contributed by atoms with Crippen LogP contribution in [0.1, 0.15) is 32.5 Å². The van der Waals surface area contributed by atoms with Gasteiger partial charge in [0.15, 0.2) is 10.8 Å². The normalized spacial score (nSPS) is 19.2. The molecule has 2 atom stereocenters. The number of hydrogen-bond acceptors (Lipinski definition) is 10. The number of amides is 2. The molecule has 2 saturated heterocycles. The molecular weight excluding hydrogens is 680 g/mol. The van der Waals surface area contributed by atoms with E-state index in [0.29, 0.717) is 71.4 Å². The molecule has 0 aliphatic carbocycles. The maximum atomic E-state index is 13.6. The number of piperazine rings is 1. The Balaban J connectivity index is 1.09. The van der Waals surface area contributed by atoms with Crippen molar-refractivity contribution in [2.24, 2.45) is 4.99 Å². The largest absolute Gasteiger partial charge is 0.478 e. The second-order valence-corrected chi connectivity index (χ2v) is 13.5. The number of aryl methyl sites for hydroxylation is 1. The van der Waals surface area contributed by atoms with Gasteiger partial charge in [0.1, 0.15) is 17.5 Å². The number of methoxy groups -OCH3 is 1. The topological polar surface area (TPSA) is 137 Å². The van der Waals surface area contributed by atoms with Crippen molar-refractivity contribution < 1.29 is 29.0 Å². The van der Waals surface area contributed by atoms with E-state index in [1.165, 1.54) is 30.6 Å². The van der Waals surface area contributed by atoms with Gasteiger partial charge in [-0.3, -0.25) is 14.8 Å². The van der Waals surface area contributed by atoms with E-state index in [1.807, 2.05) is 41.5 Å². The number of carbonyl (C=O) groups excluding carboxylic acids is 2. The average molecular weight is 713 g/mol. The molecule has 0 saturated carbocycles. The fourth-order valence-corrected chi connectivity index (χ4v) is 7.36. The number of benzene rings is 3. The summed E-state index contributed by atoms with van der Waals surface area (Å²) in [6.07, 6.45) is 1.72. The van der Waals surface area contributed by atoms with E-state index in [4.69, 9.17) is 31.2 Å². The summed E-state index contributed by atoms with van der Waals surface area (Å²) in [5, 5.41) is 15.7. The zero-order valence-corrected chi connectivity index (χ0v) is 28.8. The molecular formula is C36H33ClN6O6S. The van der Waals surface area contributed by atoms with E-state index in [1.54, 1.807) is 41.4 Å². The summed E-state index contributed by atoms with van der Waals surface area (Å²) in [6.45, 7) is 4.60. The molecule has 1 unspecified atom stereocenters. The van der Waals surface area contributed by atoms with Gasteiger partial charge in [-0.15, -0.1) is 11.3 Å². The predicted octanol–water partition coefficient (Wildman–Crippen LogP) is 5.74. The molecule has 3 aliphatic heterocycles. The molecule has 14 heteroatoms. The third kappa shape index (κ3) is 6.67. The molecule has 1 aromatic heterocycles. The van der Waals surface area contributed by atoms with Crippen molar-refractivity contribution in [2.75, 3.05) is 44.7 Å². The van der Waals surface area contributed by atoms with Crippen molar-refractivity contribution in [2.45, 2.75) is 19.0 Å². The molecule has 2 fully saturated rings. The third-order valence-electron chi connectivity index (χ3n) is 9.00. The molecule has 50 heavy (non-hydrogen) atoms. The number of aromatic carboxylic acids is 1. The van der Waals surface area contributed by atoms with Crippen LogP contribution in [-0.2, 0) is 9.53 Å². The Morgan fingerprint density at radius 2 is 1.78 bits per heavy atom. The molecule has 4 aromatic rings. The van der Waals surface area contributed by atoms with Crippen LogP contribution < -0.4 is 15.0 Å². The van der Waals surface area contributed by atoms with Gasteiger partial charge in [-0.25, -0.2) is 19.4 Å². The van der Waals surface area contributed by atoms with Crippen molar-refractivity contribution in [3.05, 3.63) is 116 Å². The standard InChI is InChI=1S/C36H33ClN6O6S/c1-21-17-23(37)5-12-28(21)31-30(35(46)48-2)29(39-32(40-31)33-38-13-16-50-33)20-41-14-15-42-25(18-41)19-43(36(42)47)24-6-10-27(11-7-24)49-26-8-3-22(4-9-26)34(44)45/h3-13,16-17,25,31H,14-15,18-20H2,1-2H3,(H,39,40)(H,44,45)/t25?,31-/m0/s1. The lowest BCUT2D eigenvalue weighted by molar-refractivity contribution is -0.136. The number of anilines is 1. The number of nitrogens with one attached hydrogen (secondary N) is 1. The van der Waals surface area contributed by atoms with E-state index in [-0.39, 0.29) is 17.6 Å². The van der Waals surface area contributed by atoms with Crippen molar-refractivity contribution >= 4 is 52.4 Å². The van der Waals surface area contributed by atoms with Gasteiger partial charge in [-0.05, 0) is 78.7 Å². The van der Waals surface area contributed by atoms with Gasteiger partial charge < -0.3 is 24.8 Å². The highest BCUT2D eigenvalue weighted by molar-refractivity contribution is 7.11. The number of urea groups is 1. The van der Waals surface area contributed by atoms with Gasteiger partial charge in [0.25, 0.3) is 0 Å². The highest BCUT2D eigenvalue weighted by Gasteiger charge is 2.42. The maximum Gasteiger partial charge on any atom is 0.338 e.